The van der Waals surface area contributed by atoms with Gasteiger partial charge in [-0.1, -0.05) is 54.6 Å². The van der Waals surface area contributed by atoms with E-state index in [1.807, 2.05) is 47.0 Å². The molecule has 5 aromatic heterocycles. The summed E-state index contributed by atoms with van der Waals surface area (Å²) in [6.07, 6.45) is 5.39. The van der Waals surface area contributed by atoms with Crippen molar-refractivity contribution in [2.45, 2.75) is 6.54 Å². The molecule has 9 heteroatoms. The molecule has 0 unspecified atom stereocenters. The lowest BCUT2D eigenvalue weighted by Gasteiger charge is -2.12. The van der Waals surface area contributed by atoms with Crippen LogP contribution in [0.1, 0.15) is 5.56 Å². The molecule has 36 heavy (non-hydrogen) atoms. The van der Waals surface area contributed by atoms with Gasteiger partial charge in [-0.3, -0.25) is 4.40 Å². The molecule has 2 aromatic carbocycles. The molecular formula is C27H19N9. The van der Waals surface area contributed by atoms with Gasteiger partial charge >= 0.3 is 0 Å². The van der Waals surface area contributed by atoms with Gasteiger partial charge in [-0.2, -0.15) is 4.98 Å². The monoisotopic (exact) mass is 469 g/mol. The van der Waals surface area contributed by atoms with Gasteiger partial charge in [0.15, 0.2) is 5.65 Å². The Morgan fingerprint density at radius 1 is 0.806 bits per heavy atom. The Labute approximate surface area is 204 Å². The predicted molar refractivity (Wildman–Crippen MR) is 137 cm³/mol. The Morgan fingerprint density at radius 2 is 1.67 bits per heavy atom. The summed E-state index contributed by atoms with van der Waals surface area (Å²) in [5, 5.41) is 14.3. The van der Waals surface area contributed by atoms with Crippen LogP contribution in [-0.2, 0) is 6.54 Å². The highest BCUT2D eigenvalue weighted by Gasteiger charge is 2.18. The van der Waals surface area contributed by atoms with Crippen molar-refractivity contribution >= 4 is 22.3 Å². The number of nitrogens with zero attached hydrogens (tertiary/aromatic N) is 8. The van der Waals surface area contributed by atoms with Crippen LogP contribution in [0, 0.1) is 0 Å². The molecule has 0 atom stereocenters. The summed E-state index contributed by atoms with van der Waals surface area (Å²) in [5.74, 6) is 1.50. The highest BCUT2D eigenvalue weighted by molar-refractivity contribution is 5.98. The Balaban J connectivity index is 1.46. The zero-order chi connectivity index (χ0) is 24.1. The van der Waals surface area contributed by atoms with Crippen molar-refractivity contribution in [1.82, 2.24) is 39.2 Å². The van der Waals surface area contributed by atoms with E-state index in [2.05, 4.69) is 55.6 Å². The maximum absolute atomic E-state index is 5.81. The van der Waals surface area contributed by atoms with Gasteiger partial charge in [0.05, 0.1) is 11.2 Å². The number of fused-ring (bicyclic) bond motifs is 4. The van der Waals surface area contributed by atoms with E-state index < -0.39 is 0 Å². The molecule has 7 rings (SSSR count). The number of rotatable bonds is 4. The molecule has 7 aromatic rings. The standard InChI is InChI=1S/C27H19N9/c28-16-17-7-9-19(10-8-17)23-20(18-5-2-1-3-6-18)15-21-22(30-23)11-14-35-25(21)32-33-26(35)24-31-27-29-12-4-13-36(27)34-24/h1-15H,16,28H2. The van der Waals surface area contributed by atoms with Crippen LogP contribution in [0.4, 0.5) is 0 Å². The molecule has 2 N–H and O–H groups in total. The van der Waals surface area contributed by atoms with Gasteiger partial charge < -0.3 is 5.73 Å². The summed E-state index contributed by atoms with van der Waals surface area (Å²) in [7, 11) is 0. The van der Waals surface area contributed by atoms with Gasteiger partial charge in [-0.15, -0.1) is 15.3 Å². The molecule has 0 bridgehead atoms. The van der Waals surface area contributed by atoms with E-state index in [1.54, 1.807) is 23.0 Å². The van der Waals surface area contributed by atoms with Crippen molar-refractivity contribution in [3.8, 4) is 34.0 Å². The fourth-order valence-electron chi connectivity index (χ4n) is 4.43. The first kappa shape index (κ1) is 20.4. The quantitative estimate of drug-likeness (QED) is 0.412. The number of hydrogen-bond donors (Lipinski definition) is 1. The summed E-state index contributed by atoms with van der Waals surface area (Å²) in [6.45, 7) is 0.501. The van der Waals surface area contributed by atoms with Crippen LogP contribution in [0.5, 0.6) is 0 Å². The van der Waals surface area contributed by atoms with Crippen LogP contribution in [0.2, 0.25) is 0 Å². The van der Waals surface area contributed by atoms with Crippen molar-refractivity contribution < 1.29 is 0 Å². The second-order valence-corrected chi connectivity index (χ2v) is 8.42. The van der Waals surface area contributed by atoms with Crippen LogP contribution < -0.4 is 5.73 Å². The maximum atomic E-state index is 5.81. The van der Waals surface area contributed by atoms with Crippen molar-refractivity contribution in [3.05, 3.63) is 97.0 Å². The first-order valence-corrected chi connectivity index (χ1v) is 11.5. The molecule has 9 nitrogen and oxygen atoms in total. The largest absolute Gasteiger partial charge is 0.326 e. The van der Waals surface area contributed by atoms with Crippen molar-refractivity contribution in [1.29, 1.82) is 0 Å². The maximum Gasteiger partial charge on any atom is 0.252 e. The van der Waals surface area contributed by atoms with Gasteiger partial charge in [0, 0.05) is 41.6 Å². The third-order valence-electron chi connectivity index (χ3n) is 6.23. The molecule has 0 fully saturated rings. The van der Waals surface area contributed by atoms with Gasteiger partial charge in [-0.05, 0) is 29.3 Å². The summed E-state index contributed by atoms with van der Waals surface area (Å²) >= 11 is 0. The summed E-state index contributed by atoms with van der Waals surface area (Å²) in [6, 6.07) is 24.4. The van der Waals surface area contributed by atoms with E-state index in [0.29, 0.717) is 29.6 Å². The number of hydrogen-bond acceptors (Lipinski definition) is 7. The zero-order valence-corrected chi connectivity index (χ0v) is 19.0. The van der Waals surface area contributed by atoms with Crippen molar-refractivity contribution in [3.63, 3.8) is 0 Å². The van der Waals surface area contributed by atoms with E-state index in [1.165, 1.54) is 0 Å². The van der Waals surface area contributed by atoms with E-state index in [-0.39, 0.29) is 0 Å². The Bertz CT molecular complexity index is 1840. The smallest absolute Gasteiger partial charge is 0.252 e. The fraction of sp³-hybridized carbons (Fsp3) is 0.0370. The summed E-state index contributed by atoms with van der Waals surface area (Å²) < 4.78 is 3.51. The fourth-order valence-corrected chi connectivity index (χ4v) is 4.43. The molecule has 172 valence electrons. The van der Waals surface area contributed by atoms with E-state index >= 15 is 0 Å². The summed E-state index contributed by atoms with van der Waals surface area (Å²) in [4.78, 5) is 13.8. The Morgan fingerprint density at radius 3 is 2.47 bits per heavy atom. The van der Waals surface area contributed by atoms with Gasteiger partial charge in [0.2, 0.25) is 11.6 Å². The predicted octanol–water partition coefficient (Wildman–Crippen LogP) is 4.17. The van der Waals surface area contributed by atoms with Crippen LogP contribution in [0.15, 0.2) is 91.4 Å². The average Bonchev–Trinajstić information content (AvgIpc) is 3.57. The van der Waals surface area contributed by atoms with Crippen LogP contribution in [0.3, 0.4) is 0 Å². The van der Waals surface area contributed by atoms with Crippen LogP contribution in [-0.4, -0.2) is 39.2 Å². The Hall–Kier alpha value is -5.02. The van der Waals surface area contributed by atoms with E-state index in [9.17, 15) is 0 Å². The molecule has 0 saturated carbocycles. The average molecular weight is 470 g/mol. The van der Waals surface area contributed by atoms with Gasteiger partial charge in [-0.25, -0.2) is 14.5 Å². The van der Waals surface area contributed by atoms with Crippen molar-refractivity contribution in [2.75, 3.05) is 0 Å². The minimum Gasteiger partial charge on any atom is -0.326 e. The molecule has 0 aliphatic carbocycles. The molecule has 0 aliphatic rings. The van der Waals surface area contributed by atoms with Gasteiger partial charge in [0.25, 0.3) is 5.78 Å². The second-order valence-electron chi connectivity index (χ2n) is 8.42. The third-order valence-corrected chi connectivity index (χ3v) is 6.23. The highest BCUT2D eigenvalue weighted by Crippen LogP contribution is 2.35. The van der Waals surface area contributed by atoms with Crippen LogP contribution in [0.25, 0.3) is 56.4 Å². The minimum atomic E-state index is 0.452. The molecule has 5 heterocycles. The number of benzene rings is 2. The van der Waals surface area contributed by atoms with E-state index in [0.717, 1.165) is 38.9 Å². The molecule has 0 aliphatic heterocycles. The topological polar surface area (TPSA) is 112 Å². The molecule has 0 saturated heterocycles. The zero-order valence-electron chi connectivity index (χ0n) is 19.0. The Kier molecular flexibility index (Phi) is 4.54. The summed E-state index contributed by atoms with van der Waals surface area (Å²) in [5.41, 5.74) is 12.4. The minimum absolute atomic E-state index is 0.452. The van der Waals surface area contributed by atoms with Crippen molar-refractivity contribution in [2.24, 2.45) is 5.73 Å². The number of pyridine rings is 2. The molecule has 0 spiro atoms. The molecule has 0 radical (unpaired) electrons. The molecular weight excluding hydrogens is 450 g/mol. The number of aromatic nitrogens is 8. The highest BCUT2D eigenvalue weighted by atomic mass is 15.4. The van der Waals surface area contributed by atoms with Gasteiger partial charge in [0.1, 0.15) is 0 Å². The lowest BCUT2D eigenvalue weighted by molar-refractivity contribution is 0.933. The SMILES string of the molecule is NCc1ccc(-c2nc3ccn4c(-c5nc6ncccn6n5)nnc4c3cc2-c2ccccc2)cc1. The first-order valence-electron chi connectivity index (χ1n) is 11.5. The normalized spacial score (nSPS) is 11.6. The number of nitrogens with two attached hydrogens (primary N) is 1. The van der Waals surface area contributed by atoms with E-state index in [4.69, 9.17) is 10.7 Å². The second kappa shape index (κ2) is 8.03. The third kappa shape index (κ3) is 3.22. The van der Waals surface area contributed by atoms with Crippen LogP contribution >= 0.6 is 0 Å². The lowest BCUT2D eigenvalue weighted by atomic mass is 9.97. The first-order chi connectivity index (χ1) is 17.8. The lowest BCUT2D eigenvalue weighted by Crippen LogP contribution is -1.97. The molecule has 0 amide bonds.